The fourth-order valence-corrected chi connectivity index (χ4v) is 1.46. The van der Waals surface area contributed by atoms with Crippen molar-refractivity contribution in [1.29, 1.82) is 5.26 Å². The SMILES string of the molecule is CCN(CC(C)C#N)C(=O)N[C@H](C(=O)O)C(C)C. The summed E-state index contributed by atoms with van der Waals surface area (Å²) in [5.74, 6) is -1.53. The lowest BCUT2D eigenvalue weighted by Gasteiger charge is -2.26. The molecule has 0 rings (SSSR count). The number of carbonyl (C=O) groups is 2. The van der Waals surface area contributed by atoms with Gasteiger partial charge in [-0.3, -0.25) is 0 Å². The summed E-state index contributed by atoms with van der Waals surface area (Å²) in [6.45, 7) is 7.69. The number of hydrogen-bond donors (Lipinski definition) is 2. The van der Waals surface area contributed by atoms with Gasteiger partial charge in [0.05, 0.1) is 12.0 Å². The van der Waals surface area contributed by atoms with Crippen LogP contribution in [0.4, 0.5) is 4.79 Å². The van der Waals surface area contributed by atoms with Crippen molar-refractivity contribution in [2.45, 2.75) is 33.7 Å². The molecule has 0 fully saturated rings. The van der Waals surface area contributed by atoms with Crippen LogP contribution in [0.2, 0.25) is 0 Å². The Morgan fingerprint density at radius 1 is 1.39 bits per heavy atom. The smallest absolute Gasteiger partial charge is 0.326 e. The molecule has 0 aromatic rings. The summed E-state index contributed by atoms with van der Waals surface area (Å²) in [6.07, 6.45) is 0. The summed E-state index contributed by atoms with van der Waals surface area (Å²) in [4.78, 5) is 24.3. The molecule has 2 amide bonds. The van der Waals surface area contributed by atoms with E-state index in [4.69, 9.17) is 10.4 Å². The summed E-state index contributed by atoms with van der Waals surface area (Å²) in [5.41, 5.74) is 0. The zero-order chi connectivity index (χ0) is 14.3. The maximum Gasteiger partial charge on any atom is 0.326 e. The number of carboxylic acid groups (broad SMARTS) is 1. The highest BCUT2D eigenvalue weighted by molar-refractivity contribution is 5.82. The third-order valence-electron chi connectivity index (χ3n) is 2.60. The van der Waals surface area contributed by atoms with Crippen molar-refractivity contribution in [2.75, 3.05) is 13.1 Å². The molecule has 0 heterocycles. The van der Waals surface area contributed by atoms with Gasteiger partial charge in [0.25, 0.3) is 0 Å². The molecule has 0 aliphatic carbocycles. The van der Waals surface area contributed by atoms with Gasteiger partial charge in [-0.2, -0.15) is 5.26 Å². The summed E-state index contributed by atoms with van der Waals surface area (Å²) in [6, 6.07) is 0.689. The third kappa shape index (κ3) is 5.04. The van der Waals surface area contributed by atoms with Crippen molar-refractivity contribution in [3.8, 4) is 6.07 Å². The largest absolute Gasteiger partial charge is 0.480 e. The van der Waals surface area contributed by atoms with Crippen LogP contribution in [0.5, 0.6) is 0 Å². The second kappa shape index (κ2) is 7.54. The highest BCUT2D eigenvalue weighted by atomic mass is 16.4. The van der Waals surface area contributed by atoms with Crippen LogP contribution in [-0.2, 0) is 4.79 Å². The highest BCUT2D eigenvalue weighted by Gasteiger charge is 2.25. The van der Waals surface area contributed by atoms with Gasteiger partial charge in [-0.05, 0) is 19.8 Å². The maximum atomic E-state index is 11.9. The van der Waals surface area contributed by atoms with E-state index in [1.165, 1.54) is 4.90 Å². The lowest BCUT2D eigenvalue weighted by molar-refractivity contribution is -0.140. The fraction of sp³-hybridized carbons (Fsp3) is 0.750. The third-order valence-corrected chi connectivity index (χ3v) is 2.60. The minimum Gasteiger partial charge on any atom is -0.480 e. The van der Waals surface area contributed by atoms with Gasteiger partial charge in [0, 0.05) is 13.1 Å². The Balaban J connectivity index is 4.61. The highest BCUT2D eigenvalue weighted by Crippen LogP contribution is 2.04. The molecule has 0 radical (unpaired) electrons. The molecule has 0 aliphatic heterocycles. The van der Waals surface area contributed by atoms with Crippen molar-refractivity contribution in [1.82, 2.24) is 10.2 Å². The van der Waals surface area contributed by atoms with Crippen LogP contribution < -0.4 is 5.32 Å². The van der Waals surface area contributed by atoms with Crippen molar-refractivity contribution in [3.63, 3.8) is 0 Å². The number of nitrogens with one attached hydrogen (secondary N) is 1. The van der Waals surface area contributed by atoms with Crippen molar-refractivity contribution < 1.29 is 14.7 Å². The van der Waals surface area contributed by atoms with Crippen LogP contribution in [0.1, 0.15) is 27.7 Å². The van der Waals surface area contributed by atoms with E-state index in [0.29, 0.717) is 13.1 Å². The van der Waals surface area contributed by atoms with Gasteiger partial charge in [0.15, 0.2) is 0 Å². The molecule has 0 saturated carbocycles. The summed E-state index contributed by atoms with van der Waals surface area (Å²) in [5, 5.41) is 20.2. The quantitative estimate of drug-likeness (QED) is 0.747. The number of nitrogens with zero attached hydrogens (tertiary/aromatic N) is 2. The predicted molar refractivity (Wildman–Crippen MR) is 66.8 cm³/mol. The van der Waals surface area contributed by atoms with Crippen molar-refractivity contribution >= 4 is 12.0 Å². The Kier molecular flexibility index (Phi) is 6.79. The van der Waals surface area contributed by atoms with Crippen molar-refractivity contribution in [2.24, 2.45) is 11.8 Å². The number of aliphatic carboxylic acids is 1. The normalized spacial score (nSPS) is 13.6. The molecule has 2 N–H and O–H groups in total. The molecular formula is C12H21N3O3. The van der Waals surface area contributed by atoms with Gasteiger partial charge in [0.1, 0.15) is 6.04 Å². The molecule has 0 aromatic heterocycles. The predicted octanol–water partition coefficient (Wildman–Crippen LogP) is 1.29. The molecule has 0 aliphatic rings. The van der Waals surface area contributed by atoms with E-state index in [0.717, 1.165) is 0 Å². The maximum absolute atomic E-state index is 11.9. The van der Waals surface area contributed by atoms with Crippen LogP contribution in [-0.4, -0.2) is 41.1 Å². The summed E-state index contributed by atoms with van der Waals surface area (Å²) < 4.78 is 0. The first-order valence-corrected chi connectivity index (χ1v) is 6.01. The number of carboxylic acids is 1. The summed E-state index contributed by atoms with van der Waals surface area (Å²) in [7, 11) is 0. The number of carbonyl (C=O) groups excluding carboxylic acids is 1. The van der Waals surface area contributed by atoms with Gasteiger partial charge < -0.3 is 15.3 Å². The van der Waals surface area contributed by atoms with Gasteiger partial charge in [0.2, 0.25) is 0 Å². The lowest BCUT2D eigenvalue weighted by Crippen LogP contribution is -2.50. The minimum atomic E-state index is -1.05. The Hall–Kier alpha value is -1.77. The molecule has 0 bridgehead atoms. The molecule has 0 aromatic carbocycles. The zero-order valence-corrected chi connectivity index (χ0v) is 11.3. The minimum absolute atomic E-state index is 0.196. The Morgan fingerprint density at radius 2 is 1.94 bits per heavy atom. The van der Waals surface area contributed by atoms with E-state index in [2.05, 4.69) is 5.32 Å². The standard InChI is InChI=1S/C12H21N3O3/c1-5-15(7-9(4)6-13)12(18)14-10(8(2)3)11(16)17/h8-10H,5,7H2,1-4H3,(H,14,18)(H,16,17)/t9?,10-/m0/s1. The zero-order valence-electron chi connectivity index (χ0n) is 11.3. The molecule has 18 heavy (non-hydrogen) atoms. The number of rotatable bonds is 6. The Labute approximate surface area is 108 Å². The molecule has 102 valence electrons. The average molecular weight is 255 g/mol. The molecule has 2 atom stereocenters. The van der Waals surface area contributed by atoms with Crippen LogP contribution in [0.25, 0.3) is 0 Å². The fourth-order valence-electron chi connectivity index (χ4n) is 1.46. The number of amides is 2. The van der Waals surface area contributed by atoms with E-state index >= 15 is 0 Å². The molecule has 6 heteroatoms. The van der Waals surface area contributed by atoms with E-state index in [-0.39, 0.29) is 11.8 Å². The van der Waals surface area contributed by atoms with Crippen LogP contribution in [0, 0.1) is 23.2 Å². The Morgan fingerprint density at radius 3 is 2.28 bits per heavy atom. The van der Waals surface area contributed by atoms with Crippen LogP contribution in [0.3, 0.4) is 0 Å². The number of hydrogen-bond acceptors (Lipinski definition) is 3. The van der Waals surface area contributed by atoms with Gasteiger partial charge in [-0.1, -0.05) is 13.8 Å². The first-order chi connectivity index (χ1) is 8.33. The molecular weight excluding hydrogens is 234 g/mol. The molecule has 6 nitrogen and oxygen atoms in total. The van der Waals surface area contributed by atoms with E-state index in [9.17, 15) is 9.59 Å². The van der Waals surface area contributed by atoms with Gasteiger partial charge in [-0.25, -0.2) is 9.59 Å². The Bertz CT molecular complexity index is 336. The van der Waals surface area contributed by atoms with E-state index < -0.39 is 18.0 Å². The second-order valence-electron chi connectivity index (χ2n) is 4.58. The van der Waals surface area contributed by atoms with Gasteiger partial charge >= 0.3 is 12.0 Å². The van der Waals surface area contributed by atoms with Crippen molar-refractivity contribution in [3.05, 3.63) is 0 Å². The molecule has 0 spiro atoms. The number of urea groups is 1. The van der Waals surface area contributed by atoms with Crippen LogP contribution in [0.15, 0.2) is 0 Å². The first kappa shape index (κ1) is 16.2. The van der Waals surface area contributed by atoms with Crippen LogP contribution >= 0.6 is 0 Å². The van der Waals surface area contributed by atoms with Gasteiger partial charge in [-0.15, -0.1) is 0 Å². The summed E-state index contributed by atoms with van der Waals surface area (Å²) >= 11 is 0. The van der Waals surface area contributed by atoms with E-state index in [1.807, 2.05) is 6.07 Å². The second-order valence-corrected chi connectivity index (χ2v) is 4.58. The lowest BCUT2D eigenvalue weighted by atomic mass is 10.1. The monoisotopic (exact) mass is 255 g/mol. The molecule has 1 unspecified atom stereocenters. The molecule has 0 saturated heterocycles. The van der Waals surface area contributed by atoms with E-state index in [1.54, 1.807) is 27.7 Å². The first-order valence-electron chi connectivity index (χ1n) is 6.01. The number of nitriles is 1. The average Bonchev–Trinajstić information content (AvgIpc) is 2.31. The topological polar surface area (TPSA) is 93.4 Å².